The van der Waals surface area contributed by atoms with Gasteiger partial charge in [0.1, 0.15) is 0 Å². The molecule has 0 atom stereocenters. The fraction of sp³-hybridized carbons (Fsp3) is 1.00. The first-order valence-electron chi connectivity index (χ1n) is 6.41. The maximum Gasteiger partial charge on any atom is 2.00 e. The third-order valence-corrected chi connectivity index (χ3v) is 2.71. The molecular formula is C13H30Mg. The van der Waals surface area contributed by atoms with E-state index in [-0.39, 0.29) is 25.9 Å². The van der Waals surface area contributed by atoms with Crippen molar-refractivity contribution in [1.82, 2.24) is 0 Å². The Hall–Kier alpha value is 0.766. The van der Waals surface area contributed by atoms with Crippen molar-refractivity contribution in [3.8, 4) is 0 Å². The van der Waals surface area contributed by atoms with Gasteiger partial charge in [-0.25, -0.2) is 0 Å². The van der Waals surface area contributed by atoms with Crippen molar-refractivity contribution in [2.24, 2.45) is 0 Å². The Kier molecular flexibility index (Phi) is 19.9. The van der Waals surface area contributed by atoms with Gasteiger partial charge in [-0.3, -0.25) is 0 Å². The maximum absolute atomic E-state index is 2.28. The van der Waals surface area contributed by atoms with E-state index in [0.29, 0.717) is 0 Å². The van der Waals surface area contributed by atoms with Crippen molar-refractivity contribution in [3.05, 3.63) is 0 Å². The molecule has 0 N–H and O–H groups in total. The monoisotopic (exact) mass is 210 g/mol. The third kappa shape index (κ3) is 15.2. The molecule has 0 rings (SSSR count). The molecule has 0 aliphatic carbocycles. The number of hydrogen-bond donors (Lipinski definition) is 0. The number of unbranched alkanes of at least 4 members (excludes halogenated alkanes) is 10. The van der Waals surface area contributed by atoms with Crippen LogP contribution in [-0.4, -0.2) is 23.1 Å². The number of hydrogen-bond acceptors (Lipinski definition) is 0. The molecule has 0 aliphatic heterocycles. The van der Waals surface area contributed by atoms with E-state index in [0.717, 1.165) is 0 Å². The largest absolute Gasteiger partial charge is 2.00 e. The molecule has 0 saturated carbocycles. The zero-order chi connectivity index (χ0) is 9.78. The Morgan fingerprint density at radius 1 is 0.500 bits per heavy atom. The molecule has 1 heteroatoms. The van der Waals surface area contributed by atoms with Crippen molar-refractivity contribution in [1.29, 1.82) is 0 Å². The molecule has 0 aromatic carbocycles. The van der Waals surface area contributed by atoms with E-state index >= 15 is 0 Å². The van der Waals surface area contributed by atoms with Crippen molar-refractivity contribution < 1.29 is 2.85 Å². The summed E-state index contributed by atoms with van der Waals surface area (Å²) in [5.74, 6) is 0. The molecule has 0 nitrogen and oxygen atoms in total. The number of rotatable bonds is 10. The summed E-state index contributed by atoms with van der Waals surface area (Å²) < 4.78 is 0. The van der Waals surface area contributed by atoms with Crippen LogP contribution in [0.5, 0.6) is 0 Å². The van der Waals surface area contributed by atoms with Gasteiger partial charge < -0.3 is 2.85 Å². The summed E-state index contributed by atoms with van der Waals surface area (Å²) in [4.78, 5) is 0. The Morgan fingerprint density at radius 3 is 0.929 bits per heavy atom. The molecule has 0 saturated heterocycles. The molecule has 0 radical (unpaired) electrons. The molecule has 0 unspecified atom stereocenters. The van der Waals surface area contributed by atoms with Gasteiger partial charge >= 0.3 is 23.1 Å². The fourth-order valence-corrected chi connectivity index (χ4v) is 1.74. The summed E-state index contributed by atoms with van der Waals surface area (Å²) in [6.45, 7) is 4.56. The minimum absolute atomic E-state index is 0. The van der Waals surface area contributed by atoms with E-state index in [1.807, 2.05) is 0 Å². The predicted octanol–water partition coefficient (Wildman–Crippen LogP) is 5.16. The molecule has 0 fully saturated rings. The van der Waals surface area contributed by atoms with Crippen molar-refractivity contribution in [3.63, 3.8) is 0 Å². The van der Waals surface area contributed by atoms with E-state index in [1.165, 1.54) is 70.6 Å². The topological polar surface area (TPSA) is 0 Å². The Balaban J connectivity index is -0.000000240. The molecule has 0 aliphatic rings. The van der Waals surface area contributed by atoms with Crippen LogP contribution in [0.2, 0.25) is 0 Å². The van der Waals surface area contributed by atoms with Crippen molar-refractivity contribution in [2.45, 2.75) is 84.5 Å². The molecular weight excluding hydrogens is 180 g/mol. The van der Waals surface area contributed by atoms with Gasteiger partial charge in [-0.05, 0) is 0 Å². The molecule has 0 heterocycles. The van der Waals surface area contributed by atoms with Gasteiger partial charge in [0, 0.05) is 0 Å². The summed E-state index contributed by atoms with van der Waals surface area (Å²) >= 11 is 0. The van der Waals surface area contributed by atoms with E-state index in [1.54, 1.807) is 0 Å². The summed E-state index contributed by atoms with van der Waals surface area (Å²) in [5, 5.41) is 0. The van der Waals surface area contributed by atoms with E-state index < -0.39 is 0 Å². The fourth-order valence-electron chi connectivity index (χ4n) is 1.74. The second-order valence-electron chi connectivity index (χ2n) is 4.18. The van der Waals surface area contributed by atoms with Crippen LogP contribution in [0.4, 0.5) is 0 Å². The first-order chi connectivity index (χ1) is 6.41. The quantitative estimate of drug-likeness (QED) is 0.345. The Morgan fingerprint density at radius 2 is 0.714 bits per heavy atom. The van der Waals surface area contributed by atoms with E-state index in [4.69, 9.17) is 0 Å². The first-order valence-corrected chi connectivity index (χ1v) is 6.41. The molecule has 0 aromatic rings. The van der Waals surface area contributed by atoms with Gasteiger partial charge in [0.05, 0.1) is 0 Å². The van der Waals surface area contributed by atoms with Crippen molar-refractivity contribution >= 4 is 23.1 Å². The minimum Gasteiger partial charge on any atom is -1.00 e. The van der Waals surface area contributed by atoms with Gasteiger partial charge in [0.15, 0.2) is 0 Å². The minimum atomic E-state index is 0. The van der Waals surface area contributed by atoms with Crippen LogP contribution in [0.1, 0.15) is 87.3 Å². The molecule has 0 amide bonds. The second-order valence-corrected chi connectivity index (χ2v) is 4.18. The van der Waals surface area contributed by atoms with Crippen LogP contribution in [-0.2, 0) is 0 Å². The average Bonchev–Trinajstić information content (AvgIpc) is 2.16. The average molecular weight is 211 g/mol. The maximum atomic E-state index is 2.28. The molecule has 0 aromatic heterocycles. The summed E-state index contributed by atoms with van der Waals surface area (Å²) in [5.41, 5.74) is 0. The van der Waals surface area contributed by atoms with Crippen LogP contribution in [0.25, 0.3) is 0 Å². The Bertz CT molecular complexity index is 80.0. The van der Waals surface area contributed by atoms with Crippen LogP contribution < -0.4 is 0 Å². The van der Waals surface area contributed by atoms with Crippen LogP contribution in [0.3, 0.4) is 0 Å². The van der Waals surface area contributed by atoms with Gasteiger partial charge in [0.2, 0.25) is 0 Å². The van der Waals surface area contributed by atoms with Crippen LogP contribution >= 0.6 is 0 Å². The van der Waals surface area contributed by atoms with Gasteiger partial charge in [0.25, 0.3) is 0 Å². The molecule has 14 heavy (non-hydrogen) atoms. The van der Waals surface area contributed by atoms with E-state index in [9.17, 15) is 0 Å². The normalized spacial score (nSPS) is 9.86. The molecule has 84 valence electrons. The van der Waals surface area contributed by atoms with Crippen molar-refractivity contribution in [2.75, 3.05) is 0 Å². The molecule has 0 spiro atoms. The SMILES string of the molecule is CCCCCCCCCCCCC.[H-].[H-].[Mg+2]. The summed E-state index contributed by atoms with van der Waals surface area (Å²) in [7, 11) is 0. The first kappa shape index (κ1) is 17.2. The zero-order valence-electron chi connectivity index (χ0n) is 12.5. The Labute approximate surface area is 110 Å². The summed E-state index contributed by atoms with van der Waals surface area (Å²) in [6, 6.07) is 0. The standard InChI is InChI=1S/C13H28.Mg.2H/c1-3-5-7-9-11-13-12-10-8-6-4-2;;;/h3-13H2,1-2H3;;;/q;+2;2*-1. The van der Waals surface area contributed by atoms with Gasteiger partial charge in [-0.1, -0.05) is 84.5 Å². The molecule has 0 bridgehead atoms. The smallest absolute Gasteiger partial charge is 1.00 e. The third-order valence-electron chi connectivity index (χ3n) is 2.71. The van der Waals surface area contributed by atoms with Gasteiger partial charge in [-0.15, -0.1) is 0 Å². The predicted molar refractivity (Wildman–Crippen MR) is 70.1 cm³/mol. The summed E-state index contributed by atoms with van der Waals surface area (Å²) in [6.07, 6.45) is 15.9. The van der Waals surface area contributed by atoms with Crippen LogP contribution in [0, 0.1) is 0 Å². The second kappa shape index (κ2) is 16.2. The van der Waals surface area contributed by atoms with Crippen LogP contribution in [0.15, 0.2) is 0 Å². The van der Waals surface area contributed by atoms with E-state index in [2.05, 4.69) is 13.8 Å². The van der Waals surface area contributed by atoms with Gasteiger partial charge in [-0.2, -0.15) is 0 Å². The zero-order valence-corrected chi connectivity index (χ0v) is 11.9.